The van der Waals surface area contributed by atoms with Gasteiger partial charge < -0.3 is 14.2 Å². The number of hydrogen-bond donors (Lipinski definition) is 0. The van der Waals surface area contributed by atoms with Gasteiger partial charge in [-0.1, -0.05) is 12.1 Å². The van der Waals surface area contributed by atoms with Gasteiger partial charge in [0.25, 0.3) is 0 Å². The number of esters is 1. The van der Waals surface area contributed by atoms with Crippen molar-refractivity contribution in [1.29, 1.82) is 0 Å². The molecule has 0 atom stereocenters. The first-order valence-electron chi connectivity index (χ1n) is 7.96. The number of carbonyl (C=O) groups excluding carboxylic acids is 2. The Labute approximate surface area is 155 Å². The summed E-state index contributed by atoms with van der Waals surface area (Å²) in [5.41, 5.74) is 1.67. The molecule has 0 aliphatic heterocycles. The molecule has 0 amide bonds. The van der Waals surface area contributed by atoms with E-state index in [1.54, 1.807) is 18.2 Å². The van der Waals surface area contributed by atoms with Crippen LogP contribution in [0.15, 0.2) is 48.5 Å². The number of halogens is 2. The minimum absolute atomic E-state index is 0.0298. The monoisotopic (exact) mass is 376 g/mol. The standard InChI is InChI=1S/C20H18F2O5/c1-13(23)15-6-9-18(25-2)16(11-15)12-26-19(24)10-5-14-3-7-17(8-4-14)27-20(21)22/h3-11,20H,12H2,1-2H3/b10-5+. The van der Waals surface area contributed by atoms with Crippen LogP contribution in [-0.4, -0.2) is 25.5 Å². The van der Waals surface area contributed by atoms with Gasteiger partial charge in [-0.25, -0.2) is 4.79 Å². The second kappa shape index (κ2) is 9.47. The highest BCUT2D eigenvalue weighted by atomic mass is 19.3. The summed E-state index contributed by atoms with van der Waals surface area (Å²) in [6.45, 7) is -1.51. The zero-order valence-corrected chi connectivity index (χ0v) is 14.8. The molecule has 0 N–H and O–H groups in total. The summed E-state index contributed by atoms with van der Waals surface area (Å²) in [5, 5.41) is 0. The lowest BCUT2D eigenvalue weighted by molar-refractivity contribution is -0.138. The fraction of sp³-hybridized carbons (Fsp3) is 0.200. The molecule has 0 radical (unpaired) electrons. The van der Waals surface area contributed by atoms with Crippen LogP contribution in [0.1, 0.15) is 28.4 Å². The van der Waals surface area contributed by atoms with Crippen LogP contribution in [0.4, 0.5) is 8.78 Å². The number of benzene rings is 2. The van der Waals surface area contributed by atoms with Crippen LogP contribution >= 0.6 is 0 Å². The maximum absolute atomic E-state index is 12.1. The van der Waals surface area contributed by atoms with E-state index < -0.39 is 12.6 Å². The van der Waals surface area contributed by atoms with Gasteiger partial charge in [0.2, 0.25) is 0 Å². The van der Waals surface area contributed by atoms with E-state index in [1.807, 2.05) is 0 Å². The van der Waals surface area contributed by atoms with Crippen molar-refractivity contribution in [3.8, 4) is 11.5 Å². The van der Waals surface area contributed by atoms with Crippen LogP contribution in [0.5, 0.6) is 11.5 Å². The zero-order valence-electron chi connectivity index (χ0n) is 14.8. The molecule has 2 rings (SSSR count). The maximum Gasteiger partial charge on any atom is 0.387 e. The number of rotatable bonds is 8. The van der Waals surface area contributed by atoms with Gasteiger partial charge in [-0.2, -0.15) is 8.78 Å². The minimum atomic E-state index is -2.89. The summed E-state index contributed by atoms with van der Waals surface area (Å²) in [5.74, 6) is -0.170. The van der Waals surface area contributed by atoms with E-state index in [1.165, 1.54) is 50.5 Å². The van der Waals surface area contributed by atoms with E-state index >= 15 is 0 Å². The van der Waals surface area contributed by atoms with Crippen LogP contribution in [0.3, 0.4) is 0 Å². The topological polar surface area (TPSA) is 61.8 Å². The lowest BCUT2D eigenvalue weighted by atomic mass is 10.1. The molecule has 0 saturated carbocycles. The molecule has 5 nitrogen and oxygen atoms in total. The van der Waals surface area contributed by atoms with Crippen molar-refractivity contribution >= 4 is 17.8 Å². The van der Waals surface area contributed by atoms with E-state index in [0.29, 0.717) is 22.4 Å². The van der Waals surface area contributed by atoms with Crippen molar-refractivity contribution in [3.05, 3.63) is 65.2 Å². The van der Waals surface area contributed by atoms with Crippen LogP contribution in [0.2, 0.25) is 0 Å². The smallest absolute Gasteiger partial charge is 0.387 e. The van der Waals surface area contributed by atoms with Crippen molar-refractivity contribution in [1.82, 2.24) is 0 Å². The fourth-order valence-corrected chi connectivity index (χ4v) is 2.23. The number of ketones is 1. The summed E-state index contributed by atoms with van der Waals surface area (Å²) < 4.78 is 38.8. The molecular weight excluding hydrogens is 358 g/mol. The molecule has 0 aromatic heterocycles. The molecule has 27 heavy (non-hydrogen) atoms. The number of ether oxygens (including phenoxy) is 3. The minimum Gasteiger partial charge on any atom is -0.496 e. The summed E-state index contributed by atoms with van der Waals surface area (Å²) in [6, 6.07) is 10.7. The molecule has 0 heterocycles. The largest absolute Gasteiger partial charge is 0.496 e. The Hall–Kier alpha value is -3.22. The number of carbonyl (C=O) groups is 2. The first kappa shape index (κ1) is 20.1. The van der Waals surface area contributed by atoms with Crippen LogP contribution in [0.25, 0.3) is 6.08 Å². The Balaban J connectivity index is 1.97. The van der Waals surface area contributed by atoms with E-state index in [4.69, 9.17) is 9.47 Å². The van der Waals surface area contributed by atoms with Crippen molar-refractivity contribution in [2.45, 2.75) is 20.1 Å². The first-order valence-corrected chi connectivity index (χ1v) is 7.96. The van der Waals surface area contributed by atoms with Gasteiger partial charge in [-0.3, -0.25) is 4.79 Å². The van der Waals surface area contributed by atoms with E-state index in [2.05, 4.69) is 4.74 Å². The lowest BCUT2D eigenvalue weighted by Crippen LogP contribution is -2.04. The number of methoxy groups -OCH3 is 1. The summed E-state index contributed by atoms with van der Waals surface area (Å²) in [7, 11) is 1.48. The SMILES string of the molecule is COc1ccc(C(C)=O)cc1COC(=O)/C=C/c1ccc(OC(F)F)cc1. The highest BCUT2D eigenvalue weighted by Gasteiger charge is 2.09. The third kappa shape index (κ3) is 6.22. The normalized spacial score (nSPS) is 10.9. The van der Waals surface area contributed by atoms with Gasteiger partial charge >= 0.3 is 12.6 Å². The second-order valence-electron chi connectivity index (χ2n) is 5.47. The Morgan fingerprint density at radius 3 is 2.41 bits per heavy atom. The highest BCUT2D eigenvalue weighted by molar-refractivity contribution is 5.94. The van der Waals surface area contributed by atoms with E-state index in [9.17, 15) is 18.4 Å². The van der Waals surface area contributed by atoms with Crippen LogP contribution < -0.4 is 9.47 Å². The molecule has 0 spiro atoms. The highest BCUT2D eigenvalue weighted by Crippen LogP contribution is 2.21. The number of hydrogen-bond acceptors (Lipinski definition) is 5. The summed E-state index contributed by atoms with van der Waals surface area (Å²) >= 11 is 0. The third-order valence-corrected chi connectivity index (χ3v) is 3.57. The number of alkyl halides is 2. The Kier molecular flexibility index (Phi) is 7.05. The molecule has 7 heteroatoms. The molecule has 0 aliphatic carbocycles. The van der Waals surface area contributed by atoms with Crippen molar-refractivity contribution in [2.75, 3.05) is 7.11 Å². The fourth-order valence-electron chi connectivity index (χ4n) is 2.23. The molecule has 0 unspecified atom stereocenters. The predicted octanol–water partition coefficient (Wildman–Crippen LogP) is 4.26. The van der Waals surface area contributed by atoms with E-state index in [0.717, 1.165) is 0 Å². The zero-order chi connectivity index (χ0) is 19.8. The molecule has 2 aromatic carbocycles. The second-order valence-corrected chi connectivity index (χ2v) is 5.47. The molecule has 0 bridgehead atoms. The Morgan fingerprint density at radius 2 is 1.81 bits per heavy atom. The Morgan fingerprint density at radius 1 is 1.11 bits per heavy atom. The first-order chi connectivity index (χ1) is 12.9. The lowest BCUT2D eigenvalue weighted by Gasteiger charge is -2.09. The average Bonchev–Trinajstić information content (AvgIpc) is 2.65. The van der Waals surface area contributed by atoms with Gasteiger partial charge in [0.1, 0.15) is 18.1 Å². The molecule has 0 fully saturated rings. The predicted molar refractivity (Wildman–Crippen MR) is 94.9 cm³/mol. The van der Waals surface area contributed by atoms with Crippen molar-refractivity contribution < 1.29 is 32.6 Å². The summed E-state index contributed by atoms with van der Waals surface area (Å²) in [6.07, 6.45) is 2.70. The quantitative estimate of drug-likeness (QED) is 0.391. The van der Waals surface area contributed by atoms with Crippen LogP contribution in [0, 0.1) is 0 Å². The van der Waals surface area contributed by atoms with Gasteiger partial charge in [-0.15, -0.1) is 0 Å². The molecule has 142 valence electrons. The third-order valence-electron chi connectivity index (χ3n) is 3.57. The van der Waals surface area contributed by atoms with Gasteiger partial charge in [0, 0.05) is 17.2 Å². The summed E-state index contributed by atoms with van der Waals surface area (Å²) in [4.78, 5) is 23.3. The average molecular weight is 376 g/mol. The maximum atomic E-state index is 12.1. The van der Waals surface area contributed by atoms with Crippen molar-refractivity contribution in [3.63, 3.8) is 0 Å². The molecular formula is C20H18F2O5. The van der Waals surface area contributed by atoms with Crippen LogP contribution in [-0.2, 0) is 16.1 Å². The molecule has 0 aliphatic rings. The van der Waals surface area contributed by atoms with E-state index in [-0.39, 0.29) is 18.1 Å². The van der Waals surface area contributed by atoms with Gasteiger partial charge in [0.15, 0.2) is 5.78 Å². The number of Topliss-reactive ketones (excluding diaryl/α,β-unsaturated/α-hetero) is 1. The Bertz CT molecular complexity index is 829. The van der Waals surface area contributed by atoms with Gasteiger partial charge in [0.05, 0.1) is 7.11 Å². The van der Waals surface area contributed by atoms with Gasteiger partial charge in [-0.05, 0) is 48.9 Å². The van der Waals surface area contributed by atoms with Crippen molar-refractivity contribution in [2.24, 2.45) is 0 Å². The molecule has 0 saturated heterocycles. The molecule has 2 aromatic rings.